The van der Waals surface area contributed by atoms with Gasteiger partial charge in [0.1, 0.15) is 5.69 Å². The van der Waals surface area contributed by atoms with Gasteiger partial charge in [0.25, 0.3) is 5.69 Å². The number of imide groups is 1. The lowest BCUT2D eigenvalue weighted by Crippen LogP contribution is -2.35. The summed E-state index contributed by atoms with van der Waals surface area (Å²) in [4.78, 5) is 37.9. The highest BCUT2D eigenvalue weighted by Crippen LogP contribution is 2.73. The van der Waals surface area contributed by atoms with Gasteiger partial charge >= 0.3 is 0 Å². The summed E-state index contributed by atoms with van der Waals surface area (Å²) in [5, 5.41) is 11.4. The molecule has 0 radical (unpaired) electrons. The zero-order chi connectivity index (χ0) is 16.8. The summed E-state index contributed by atoms with van der Waals surface area (Å²) in [6.45, 7) is 0. The standard InChI is InChI=1S/C17H13BrN2O4/c18-8-1-4-11(12(7-8)20(23)24)19-15(21)13-9-2-3-10(14(13)16(19)22)17(9)5-6-17/h1-4,7,9-10,13-14H,5-6H2/t9-,10+,13-,14-/m0/s1. The quantitative estimate of drug-likeness (QED) is 0.337. The Morgan fingerprint density at radius 3 is 2.21 bits per heavy atom. The van der Waals surface area contributed by atoms with Crippen molar-refractivity contribution in [3.63, 3.8) is 0 Å². The van der Waals surface area contributed by atoms with E-state index in [2.05, 4.69) is 28.1 Å². The molecule has 2 saturated carbocycles. The number of nitro groups is 1. The lowest BCUT2D eigenvalue weighted by Gasteiger charge is -2.21. The zero-order valence-corrected chi connectivity index (χ0v) is 14.1. The molecule has 7 heteroatoms. The maximum atomic E-state index is 13.0. The fourth-order valence-corrected chi connectivity index (χ4v) is 5.50. The molecule has 0 aromatic heterocycles. The summed E-state index contributed by atoms with van der Waals surface area (Å²) in [6.07, 6.45) is 6.32. The number of nitrogens with zero attached hydrogens (tertiary/aromatic N) is 2. The van der Waals surface area contributed by atoms with Gasteiger partial charge in [-0.25, -0.2) is 4.90 Å². The van der Waals surface area contributed by atoms with Gasteiger partial charge in [0, 0.05) is 10.5 Å². The van der Waals surface area contributed by atoms with E-state index in [1.165, 1.54) is 12.1 Å². The van der Waals surface area contributed by atoms with Crippen LogP contribution in [0.1, 0.15) is 12.8 Å². The van der Waals surface area contributed by atoms with E-state index < -0.39 is 4.92 Å². The van der Waals surface area contributed by atoms with Gasteiger partial charge in [0.15, 0.2) is 0 Å². The third-order valence-electron chi connectivity index (χ3n) is 6.23. The number of benzene rings is 1. The second kappa shape index (κ2) is 4.33. The first kappa shape index (κ1) is 14.3. The van der Waals surface area contributed by atoms with Crippen LogP contribution in [0.15, 0.2) is 34.8 Å². The van der Waals surface area contributed by atoms with E-state index >= 15 is 0 Å². The van der Waals surface area contributed by atoms with Crippen LogP contribution in [0.3, 0.4) is 0 Å². The van der Waals surface area contributed by atoms with E-state index in [-0.39, 0.29) is 52.3 Å². The molecule has 0 N–H and O–H groups in total. The number of allylic oxidation sites excluding steroid dienone is 2. The lowest BCUT2D eigenvalue weighted by molar-refractivity contribution is -0.384. The summed E-state index contributed by atoms with van der Waals surface area (Å²) < 4.78 is 0.538. The van der Waals surface area contributed by atoms with Crippen molar-refractivity contribution >= 4 is 39.1 Å². The third kappa shape index (κ3) is 1.51. The molecule has 24 heavy (non-hydrogen) atoms. The number of hydrogen-bond donors (Lipinski definition) is 0. The van der Waals surface area contributed by atoms with Crippen LogP contribution in [0.25, 0.3) is 0 Å². The van der Waals surface area contributed by atoms with E-state index in [1.807, 2.05) is 0 Å². The maximum absolute atomic E-state index is 13.0. The van der Waals surface area contributed by atoms with Crippen molar-refractivity contribution in [3.05, 3.63) is 44.9 Å². The Hall–Kier alpha value is -2.02. The summed E-state index contributed by atoms with van der Waals surface area (Å²) in [5.41, 5.74) is -0.0254. The van der Waals surface area contributed by atoms with Crippen molar-refractivity contribution in [1.82, 2.24) is 0 Å². The molecule has 4 atom stereocenters. The van der Waals surface area contributed by atoms with Gasteiger partial charge in [-0.15, -0.1) is 0 Å². The molecule has 6 nitrogen and oxygen atoms in total. The molecule has 3 aliphatic carbocycles. The number of carbonyl (C=O) groups is 2. The number of anilines is 1. The summed E-state index contributed by atoms with van der Waals surface area (Å²) in [5.74, 6) is -1.03. The molecule has 122 valence electrons. The average Bonchev–Trinajstić information content (AvgIpc) is 3.14. The Morgan fingerprint density at radius 2 is 1.71 bits per heavy atom. The summed E-state index contributed by atoms with van der Waals surface area (Å²) in [7, 11) is 0. The molecule has 2 bridgehead atoms. The van der Waals surface area contributed by atoms with Gasteiger partial charge in [-0.05, 0) is 42.2 Å². The SMILES string of the molecule is O=C1[C@@H]2[C@@H](C(=O)N1c1ccc(Br)cc1[N+](=O)[O-])[C@@H]1C=C[C@H]2C12CC2. The highest BCUT2D eigenvalue weighted by atomic mass is 79.9. The molecule has 1 saturated heterocycles. The number of rotatable bonds is 2. The number of halogens is 1. The normalized spacial score (nSPS) is 34.3. The molecule has 1 heterocycles. The molecule has 1 aliphatic heterocycles. The van der Waals surface area contributed by atoms with Crippen LogP contribution in [0.5, 0.6) is 0 Å². The van der Waals surface area contributed by atoms with E-state index in [0.717, 1.165) is 17.7 Å². The van der Waals surface area contributed by atoms with E-state index in [0.29, 0.717) is 4.47 Å². The first-order valence-electron chi connectivity index (χ1n) is 7.96. The van der Waals surface area contributed by atoms with Gasteiger partial charge in [0.05, 0.1) is 16.8 Å². The Labute approximate surface area is 145 Å². The summed E-state index contributed by atoms with van der Waals surface area (Å²) in [6, 6.07) is 4.42. The maximum Gasteiger partial charge on any atom is 0.294 e. The molecule has 3 fully saturated rings. The minimum absolute atomic E-state index is 0.0804. The highest BCUT2D eigenvalue weighted by molar-refractivity contribution is 9.10. The molecule has 0 unspecified atom stereocenters. The zero-order valence-electron chi connectivity index (χ0n) is 12.5. The number of hydrogen-bond acceptors (Lipinski definition) is 4. The average molecular weight is 389 g/mol. The minimum Gasteiger partial charge on any atom is -0.274 e. The Morgan fingerprint density at radius 1 is 1.12 bits per heavy atom. The number of nitro benzene ring substituents is 1. The van der Waals surface area contributed by atoms with Crippen molar-refractivity contribution in [2.75, 3.05) is 4.90 Å². The number of amides is 2. The van der Waals surface area contributed by atoms with Crippen LogP contribution in [0.4, 0.5) is 11.4 Å². The van der Waals surface area contributed by atoms with Crippen LogP contribution >= 0.6 is 15.9 Å². The Bertz CT molecular complexity index is 826. The second-order valence-electron chi connectivity index (χ2n) is 7.12. The monoisotopic (exact) mass is 388 g/mol. The lowest BCUT2D eigenvalue weighted by atomic mass is 9.85. The first-order chi connectivity index (χ1) is 11.5. The first-order valence-corrected chi connectivity index (χ1v) is 8.75. The van der Waals surface area contributed by atoms with E-state index in [1.54, 1.807) is 6.07 Å². The van der Waals surface area contributed by atoms with Gasteiger partial charge in [-0.1, -0.05) is 28.1 Å². The highest BCUT2D eigenvalue weighted by Gasteiger charge is 2.73. The molecule has 4 aliphatic rings. The van der Waals surface area contributed by atoms with Gasteiger partial charge < -0.3 is 0 Å². The smallest absolute Gasteiger partial charge is 0.274 e. The predicted molar refractivity (Wildman–Crippen MR) is 88.1 cm³/mol. The molecular formula is C17H13BrN2O4. The molecule has 1 aromatic rings. The van der Waals surface area contributed by atoms with Crippen molar-refractivity contribution < 1.29 is 14.5 Å². The predicted octanol–water partition coefficient (Wildman–Crippen LogP) is 3.06. The Balaban J connectivity index is 1.60. The number of fused-ring (bicyclic) bond motifs is 3. The van der Waals surface area contributed by atoms with E-state index in [4.69, 9.17) is 0 Å². The van der Waals surface area contributed by atoms with E-state index in [9.17, 15) is 19.7 Å². The third-order valence-corrected chi connectivity index (χ3v) is 6.72. The van der Waals surface area contributed by atoms with Gasteiger partial charge in [-0.3, -0.25) is 19.7 Å². The van der Waals surface area contributed by atoms with Gasteiger partial charge in [-0.2, -0.15) is 0 Å². The fraction of sp³-hybridized carbons (Fsp3) is 0.412. The topological polar surface area (TPSA) is 80.5 Å². The molecule has 1 spiro atoms. The van der Waals surface area contributed by atoms with Crippen molar-refractivity contribution in [3.8, 4) is 0 Å². The fourth-order valence-electron chi connectivity index (χ4n) is 5.15. The van der Waals surface area contributed by atoms with Crippen LogP contribution in [0.2, 0.25) is 0 Å². The van der Waals surface area contributed by atoms with Crippen LogP contribution in [-0.2, 0) is 9.59 Å². The second-order valence-corrected chi connectivity index (χ2v) is 8.04. The summed E-state index contributed by atoms with van der Waals surface area (Å²) >= 11 is 3.20. The molecular weight excluding hydrogens is 376 g/mol. The van der Waals surface area contributed by atoms with Gasteiger partial charge in [0.2, 0.25) is 11.8 Å². The number of carbonyl (C=O) groups excluding carboxylic acids is 2. The largest absolute Gasteiger partial charge is 0.294 e. The van der Waals surface area contributed by atoms with Crippen molar-refractivity contribution in [2.45, 2.75) is 12.8 Å². The van der Waals surface area contributed by atoms with Crippen LogP contribution in [-0.4, -0.2) is 16.7 Å². The van der Waals surface area contributed by atoms with Crippen LogP contribution < -0.4 is 4.90 Å². The molecule has 1 aromatic carbocycles. The molecule has 5 rings (SSSR count). The minimum atomic E-state index is -0.552. The van der Waals surface area contributed by atoms with Crippen molar-refractivity contribution in [2.24, 2.45) is 29.1 Å². The van der Waals surface area contributed by atoms with Crippen molar-refractivity contribution in [1.29, 1.82) is 0 Å². The molecule has 2 amide bonds. The Kier molecular flexibility index (Phi) is 2.59. The van der Waals surface area contributed by atoms with Crippen LogP contribution in [0, 0.1) is 39.2 Å².